The highest BCUT2D eigenvalue weighted by Crippen LogP contribution is 2.24. The molecule has 0 aliphatic carbocycles. The maximum absolute atomic E-state index is 12.2. The number of hydrogen-bond acceptors (Lipinski definition) is 2. The number of aromatic carboxylic acids is 1. The molecule has 0 aromatic heterocycles. The first kappa shape index (κ1) is 15.1. The van der Waals surface area contributed by atoms with Crippen molar-refractivity contribution in [2.75, 3.05) is 17.3 Å². The second-order valence-corrected chi connectivity index (χ2v) is 5.15. The lowest BCUT2D eigenvalue weighted by atomic mass is 10.1. The molecule has 5 nitrogen and oxygen atoms in total. The molecule has 0 aliphatic heterocycles. The fourth-order valence-corrected chi connectivity index (χ4v) is 2.20. The van der Waals surface area contributed by atoms with Crippen LogP contribution in [0, 0.1) is 0 Å². The molecule has 0 aliphatic rings. The highest BCUT2D eigenvalue weighted by molar-refractivity contribution is 9.10. The molecule has 0 atom stereocenters. The molecule has 0 saturated heterocycles. The Hall–Kier alpha value is -2.34. The Morgan fingerprint density at radius 1 is 1.10 bits per heavy atom. The number of amides is 2. The van der Waals surface area contributed by atoms with Crippen LogP contribution < -0.4 is 10.2 Å². The number of hydrogen-bond donors (Lipinski definition) is 2. The van der Waals surface area contributed by atoms with Crippen LogP contribution in [0.4, 0.5) is 16.2 Å². The van der Waals surface area contributed by atoms with E-state index in [0.717, 1.165) is 4.47 Å². The van der Waals surface area contributed by atoms with E-state index in [1.165, 1.54) is 18.0 Å². The quantitative estimate of drug-likeness (QED) is 0.885. The maximum Gasteiger partial charge on any atom is 0.337 e. The molecule has 0 radical (unpaired) electrons. The summed E-state index contributed by atoms with van der Waals surface area (Å²) in [7, 11) is 1.52. The van der Waals surface area contributed by atoms with Crippen LogP contribution in [-0.4, -0.2) is 24.2 Å². The molecular weight excluding hydrogens is 336 g/mol. The lowest BCUT2D eigenvalue weighted by molar-refractivity contribution is 0.0697. The lowest BCUT2D eigenvalue weighted by Crippen LogP contribution is -2.32. The highest BCUT2D eigenvalue weighted by Gasteiger charge is 2.18. The number of para-hydroxylation sites is 2. The Kier molecular flexibility index (Phi) is 4.59. The first-order chi connectivity index (χ1) is 10.0. The molecule has 0 saturated carbocycles. The first-order valence-corrected chi connectivity index (χ1v) is 6.91. The van der Waals surface area contributed by atoms with E-state index in [-0.39, 0.29) is 5.56 Å². The zero-order chi connectivity index (χ0) is 15.4. The molecule has 2 N–H and O–H groups in total. The maximum atomic E-state index is 12.2. The van der Waals surface area contributed by atoms with Gasteiger partial charge in [-0.3, -0.25) is 4.90 Å². The van der Waals surface area contributed by atoms with Gasteiger partial charge >= 0.3 is 12.0 Å². The number of halogens is 1. The van der Waals surface area contributed by atoms with E-state index in [1.807, 2.05) is 6.07 Å². The van der Waals surface area contributed by atoms with Crippen molar-refractivity contribution < 1.29 is 14.7 Å². The summed E-state index contributed by atoms with van der Waals surface area (Å²) in [6.45, 7) is 0. The number of carbonyl (C=O) groups is 2. The minimum atomic E-state index is -1.08. The normalized spacial score (nSPS) is 10.0. The van der Waals surface area contributed by atoms with Gasteiger partial charge in [0.2, 0.25) is 0 Å². The van der Waals surface area contributed by atoms with Crippen LogP contribution in [0.2, 0.25) is 0 Å². The van der Waals surface area contributed by atoms with E-state index in [1.54, 1.807) is 36.4 Å². The Balaban J connectivity index is 2.24. The minimum absolute atomic E-state index is 0.0716. The largest absolute Gasteiger partial charge is 0.478 e. The van der Waals surface area contributed by atoms with Crippen molar-refractivity contribution in [1.82, 2.24) is 0 Å². The smallest absolute Gasteiger partial charge is 0.337 e. The van der Waals surface area contributed by atoms with E-state index < -0.39 is 12.0 Å². The van der Waals surface area contributed by atoms with E-state index in [9.17, 15) is 9.59 Å². The zero-order valence-electron chi connectivity index (χ0n) is 11.2. The van der Waals surface area contributed by atoms with Gasteiger partial charge in [0.25, 0.3) is 0 Å². The molecule has 6 heteroatoms. The van der Waals surface area contributed by atoms with Crippen molar-refractivity contribution >= 4 is 39.3 Å². The molecule has 2 aromatic carbocycles. The summed E-state index contributed by atoms with van der Waals surface area (Å²) in [4.78, 5) is 24.7. The molecule has 0 spiro atoms. The molecular formula is C15H13BrN2O3. The van der Waals surface area contributed by atoms with Crippen LogP contribution in [0.5, 0.6) is 0 Å². The number of urea groups is 1. The summed E-state index contributed by atoms with van der Waals surface area (Å²) in [6, 6.07) is 13.1. The average molecular weight is 349 g/mol. The lowest BCUT2D eigenvalue weighted by Gasteiger charge is -2.20. The molecule has 0 bridgehead atoms. The fourth-order valence-electron chi connectivity index (χ4n) is 1.82. The topological polar surface area (TPSA) is 69.6 Å². The summed E-state index contributed by atoms with van der Waals surface area (Å²) < 4.78 is 0.748. The van der Waals surface area contributed by atoms with Crippen molar-refractivity contribution in [3.8, 4) is 0 Å². The number of benzene rings is 2. The van der Waals surface area contributed by atoms with Crippen LogP contribution in [-0.2, 0) is 0 Å². The third kappa shape index (κ3) is 3.41. The van der Waals surface area contributed by atoms with Crippen molar-refractivity contribution in [2.45, 2.75) is 0 Å². The van der Waals surface area contributed by atoms with Crippen LogP contribution >= 0.6 is 15.9 Å². The van der Waals surface area contributed by atoms with Crippen LogP contribution in [0.3, 0.4) is 0 Å². The molecule has 0 heterocycles. The van der Waals surface area contributed by atoms with Crippen molar-refractivity contribution in [2.24, 2.45) is 0 Å². The Morgan fingerprint density at radius 2 is 1.71 bits per heavy atom. The number of anilines is 2. The third-order valence-corrected chi connectivity index (χ3v) is 3.61. The Labute approximate surface area is 130 Å². The summed E-state index contributed by atoms with van der Waals surface area (Å²) in [5, 5.41) is 11.9. The van der Waals surface area contributed by atoms with E-state index in [0.29, 0.717) is 11.4 Å². The van der Waals surface area contributed by atoms with Gasteiger partial charge in [-0.25, -0.2) is 9.59 Å². The van der Waals surface area contributed by atoms with Gasteiger partial charge in [-0.2, -0.15) is 0 Å². The number of nitrogens with zero attached hydrogens (tertiary/aromatic N) is 1. The van der Waals surface area contributed by atoms with Gasteiger partial charge in [-0.1, -0.05) is 24.3 Å². The fraction of sp³-hybridized carbons (Fsp3) is 0.0667. The average Bonchev–Trinajstić information content (AvgIpc) is 2.48. The predicted molar refractivity (Wildman–Crippen MR) is 85.0 cm³/mol. The first-order valence-electron chi connectivity index (χ1n) is 6.12. The highest BCUT2D eigenvalue weighted by atomic mass is 79.9. The standard InChI is InChI=1S/C15H13BrN2O3/c1-18(13-9-5-2-6-10(13)14(19)20)15(21)17-12-8-4-3-7-11(12)16/h2-9H,1H3,(H,17,21)(H,19,20). The summed E-state index contributed by atoms with van der Waals surface area (Å²) in [6.07, 6.45) is 0. The number of carboxylic acid groups (broad SMARTS) is 1. The van der Waals surface area contributed by atoms with Gasteiger partial charge in [-0.15, -0.1) is 0 Å². The summed E-state index contributed by atoms with van der Waals surface area (Å²) in [5.41, 5.74) is 1.01. The van der Waals surface area contributed by atoms with Gasteiger partial charge in [0, 0.05) is 11.5 Å². The van der Waals surface area contributed by atoms with Crippen molar-refractivity contribution in [3.63, 3.8) is 0 Å². The van der Waals surface area contributed by atoms with E-state index >= 15 is 0 Å². The summed E-state index contributed by atoms with van der Waals surface area (Å²) in [5.74, 6) is -1.08. The van der Waals surface area contributed by atoms with E-state index in [2.05, 4.69) is 21.2 Å². The second-order valence-electron chi connectivity index (χ2n) is 4.29. The van der Waals surface area contributed by atoms with Crippen LogP contribution in [0.25, 0.3) is 0 Å². The molecule has 0 unspecified atom stereocenters. The number of nitrogens with one attached hydrogen (secondary N) is 1. The SMILES string of the molecule is CN(C(=O)Nc1ccccc1Br)c1ccccc1C(=O)O. The molecule has 21 heavy (non-hydrogen) atoms. The van der Waals surface area contributed by atoms with Crippen molar-refractivity contribution in [1.29, 1.82) is 0 Å². The molecule has 2 aromatic rings. The monoisotopic (exact) mass is 348 g/mol. The Morgan fingerprint density at radius 3 is 2.38 bits per heavy atom. The van der Waals surface area contributed by atoms with Gasteiger partial charge in [0.05, 0.1) is 16.9 Å². The Bertz CT molecular complexity index is 688. The zero-order valence-corrected chi connectivity index (χ0v) is 12.8. The number of rotatable bonds is 3. The number of carbonyl (C=O) groups excluding carboxylic acids is 1. The van der Waals surface area contributed by atoms with Crippen LogP contribution in [0.15, 0.2) is 53.0 Å². The van der Waals surface area contributed by atoms with Crippen LogP contribution in [0.1, 0.15) is 10.4 Å². The second kappa shape index (κ2) is 6.41. The minimum Gasteiger partial charge on any atom is -0.478 e. The van der Waals surface area contributed by atoms with Gasteiger partial charge < -0.3 is 10.4 Å². The molecule has 0 fully saturated rings. The molecule has 2 amide bonds. The van der Waals surface area contributed by atoms with Gasteiger partial charge in [-0.05, 0) is 40.2 Å². The van der Waals surface area contributed by atoms with Gasteiger partial charge in [0.15, 0.2) is 0 Å². The molecule has 2 rings (SSSR count). The van der Waals surface area contributed by atoms with E-state index in [4.69, 9.17) is 5.11 Å². The van der Waals surface area contributed by atoms with Gasteiger partial charge in [0.1, 0.15) is 0 Å². The molecule has 108 valence electrons. The predicted octanol–water partition coefficient (Wildman–Crippen LogP) is 3.82. The third-order valence-electron chi connectivity index (χ3n) is 2.92. The van der Waals surface area contributed by atoms with Crippen molar-refractivity contribution in [3.05, 3.63) is 58.6 Å². The number of carboxylic acids is 1. The summed E-state index contributed by atoms with van der Waals surface area (Å²) >= 11 is 3.34.